The van der Waals surface area contributed by atoms with Crippen molar-refractivity contribution in [3.8, 4) is 0 Å². The minimum absolute atomic E-state index is 0.0451. The molecule has 4 nitrogen and oxygen atoms in total. The van der Waals surface area contributed by atoms with Crippen molar-refractivity contribution in [2.45, 2.75) is 40.2 Å². The summed E-state index contributed by atoms with van der Waals surface area (Å²) in [5, 5.41) is 2.92. The predicted molar refractivity (Wildman–Crippen MR) is 106 cm³/mol. The molecule has 1 N–H and O–H groups in total. The zero-order chi connectivity index (χ0) is 19.3. The summed E-state index contributed by atoms with van der Waals surface area (Å²) in [6.45, 7) is 8.17. The maximum atomic E-state index is 12.5. The number of anilines is 1. The lowest BCUT2D eigenvalue weighted by Gasteiger charge is -2.29. The normalized spacial score (nSPS) is 12.3. The van der Waals surface area contributed by atoms with Gasteiger partial charge in [-0.25, -0.2) is 0 Å². The van der Waals surface area contributed by atoms with Gasteiger partial charge in [-0.15, -0.1) is 0 Å². The molecule has 0 spiro atoms. The highest BCUT2D eigenvalue weighted by Gasteiger charge is 2.23. The van der Waals surface area contributed by atoms with Crippen LogP contribution in [0.3, 0.4) is 0 Å². The van der Waals surface area contributed by atoms with E-state index in [0.717, 1.165) is 11.3 Å². The molecular formula is C22H28N2O2. The summed E-state index contributed by atoms with van der Waals surface area (Å²) in [4.78, 5) is 26.6. The number of amides is 2. The molecule has 0 aromatic heterocycles. The third-order valence-corrected chi connectivity index (χ3v) is 4.32. The molecule has 26 heavy (non-hydrogen) atoms. The van der Waals surface area contributed by atoms with E-state index >= 15 is 0 Å². The van der Waals surface area contributed by atoms with Crippen molar-refractivity contribution in [1.82, 2.24) is 4.90 Å². The number of hydrogen-bond acceptors (Lipinski definition) is 2. The lowest BCUT2D eigenvalue weighted by molar-refractivity contribution is -0.133. The summed E-state index contributed by atoms with van der Waals surface area (Å²) in [6.07, 6.45) is 0.498. The Labute approximate surface area is 156 Å². The molecule has 0 unspecified atom stereocenters. The fourth-order valence-electron chi connectivity index (χ4n) is 2.69. The van der Waals surface area contributed by atoms with E-state index < -0.39 is 0 Å². The van der Waals surface area contributed by atoms with E-state index in [2.05, 4.69) is 26.1 Å². The van der Waals surface area contributed by atoms with E-state index in [1.165, 1.54) is 0 Å². The number of rotatable bonds is 5. The molecule has 0 aliphatic heterocycles. The maximum Gasteiger partial charge on any atom is 0.255 e. The van der Waals surface area contributed by atoms with Crippen LogP contribution in [-0.2, 0) is 4.79 Å². The second kappa shape index (κ2) is 8.17. The zero-order valence-corrected chi connectivity index (χ0v) is 16.2. The van der Waals surface area contributed by atoms with Crippen LogP contribution in [0.2, 0.25) is 0 Å². The molecule has 0 saturated carbocycles. The number of nitrogens with zero attached hydrogens (tertiary/aromatic N) is 1. The van der Waals surface area contributed by atoms with Gasteiger partial charge >= 0.3 is 0 Å². The quantitative estimate of drug-likeness (QED) is 0.832. The second-order valence-corrected chi connectivity index (χ2v) is 7.86. The van der Waals surface area contributed by atoms with Crippen LogP contribution in [0, 0.1) is 5.41 Å². The SMILES string of the molecule is C[C@@H](c1cccc(NC(=O)c2ccccc2)c1)N(C)C(=O)CC(C)(C)C. The van der Waals surface area contributed by atoms with E-state index in [0.29, 0.717) is 12.0 Å². The predicted octanol–water partition coefficient (Wildman–Crippen LogP) is 4.89. The molecule has 0 aliphatic rings. The fraction of sp³-hybridized carbons (Fsp3) is 0.364. The summed E-state index contributed by atoms with van der Waals surface area (Å²) >= 11 is 0. The van der Waals surface area contributed by atoms with Gasteiger partial charge in [0.15, 0.2) is 0 Å². The molecule has 2 amide bonds. The van der Waals surface area contributed by atoms with Gasteiger partial charge in [-0.1, -0.05) is 51.1 Å². The molecule has 0 heterocycles. The van der Waals surface area contributed by atoms with E-state index in [1.54, 1.807) is 17.0 Å². The first-order chi connectivity index (χ1) is 12.2. The largest absolute Gasteiger partial charge is 0.339 e. The van der Waals surface area contributed by atoms with Crippen molar-refractivity contribution < 1.29 is 9.59 Å². The number of benzene rings is 2. The van der Waals surface area contributed by atoms with Crippen LogP contribution in [0.15, 0.2) is 54.6 Å². The Morgan fingerprint density at radius 1 is 1.04 bits per heavy atom. The molecule has 0 radical (unpaired) electrons. The van der Waals surface area contributed by atoms with Crippen LogP contribution in [0.4, 0.5) is 5.69 Å². The Balaban J connectivity index is 2.10. The Morgan fingerprint density at radius 2 is 1.69 bits per heavy atom. The Bertz CT molecular complexity index is 763. The van der Waals surface area contributed by atoms with E-state index in [1.807, 2.05) is 56.4 Å². The maximum absolute atomic E-state index is 12.5. The van der Waals surface area contributed by atoms with Crippen molar-refractivity contribution in [2.24, 2.45) is 5.41 Å². The molecule has 2 rings (SSSR count). The lowest BCUT2D eigenvalue weighted by atomic mass is 9.91. The number of carbonyl (C=O) groups is 2. The van der Waals surface area contributed by atoms with Gasteiger partial charge in [0.25, 0.3) is 5.91 Å². The summed E-state index contributed by atoms with van der Waals surface area (Å²) in [6, 6.07) is 16.7. The Morgan fingerprint density at radius 3 is 2.31 bits per heavy atom. The first-order valence-electron chi connectivity index (χ1n) is 8.89. The topological polar surface area (TPSA) is 49.4 Å². The molecule has 0 fully saturated rings. The lowest BCUT2D eigenvalue weighted by Crippen LogP contribution is -2.32. The van der Waals surface area contributed by atoms with Crippen molar-refractivity contribution in [1.29, 1.82) is 0 Å². The first-order valence-corrected chi connectivity index (χ1v) is 8.89. The molecule has 0 saturated heterocycles. The summed E-state index contributed by atoms with van der Waals surface area (Å²) in [5.41, 5.74) is 2.28. The highest BCUT2D eigenvalue weighted by Crippen LogP contribution is 2.26. The average Bonchev–Trinajstić information content (AvgIpc) is 2.60. The van der Waals surface area contributed by atoms with Crippen LogP contribution in [0.5, 0.6) is 0 Å². The van der Waals surface area contributed by atoms with Gasteiger partial charge < -0.3 is 10.2 Å². The van der Waals surface area contributed by atoms with Gasteiger partial charge in [-0.05, 0) is 42.2 Å². The van der Waals surface area contributed by atoms with Gasteiger partial charge in [0.05, 0.1) is 6.04 Å². The first kappa shape index (κ1) is 19.7. The number of hydrogen-bond donors (Lipinski definition) is 1. The summed E-state index contributed by atoms with van der Waals surface area (Å²) in [5.74, 6) is -0.0312. The summed E-state index contributed by atoms with van der Waals surface area (Å²) in [7, 11) is 1.83. The molecule has 2 aromatic rings. The second-order valence-electron chi connectivity index (χ2n) is 7.86. The van der Waals surface area contributed by atoms with Gasteiger partial charge in [0.2, 0.25) is 5.91 Å². The van der Waals surface area contributed by atoms with Gasteiger partial charge in [-0.3, -0.25) is 9.59 Å². The Hall–Kier alpha value is -2.62. The molecule has 0 aliphatic carbocycles. The van der Waals surface area contributed by atoms with Crippen molar-refractivity contribution in [3.05, 3.63) is 65.7 Å². The highest BCUT2D eigenvalue weighted by atomic mass is 16.2. The molecular weight excluding hydrogens is 324 g/mol. The molecule has 1 atom stereocenters. The number of carbonyl (C=O) groups excluding carboxylic acids is 2. The van der Waals surface area contributed by atoms with Crippen LogP contribution in [-0.4, -0.2) is 23.8 Å². The minimum Gasteiger partial charge on any atom is -0.339 e. The van der Waals surface area contributed by atoms with Crippen LogP contribution < -0.4 is 5.32 Å². The van der Waals surface area contributed by atoms with Crippen molar-refractivity contribution >= 4 is 17.5 Å². The standard InChI is InChI=1S/C22H28N2O2/c1-16(24(5)20(25)15-22(2,3)4)18-12-9-13-19(14-18)23-21(26)17-10-7-6-8-11-17/h6-14,16H,15H2,1-5H3,(H,23,26)/t16-/m0/s1. The summed E-state index contributed by atoms with van der Waals surface area (Å²) < 4.78 is 0. The van der Waals surface area contributed by atoms with E-state index in [9.17, 15) is 9.59 Å². The van der Waals surface area contributed by atoms with E-state index in [4.69, 9.17) is 0 Å². The zero-order valence-electron chi connectivity index (χ0n) is 16.2. The highest BCUT2D eigenvalue weighted by molar-refractivity contribution is 6.04. The molecule has 2 aromatic carbocycles. The average molecular weight is 352 g/mol. The molecule has 4 heteroatoms. The smallest absolute Gasteiger partial charge is 0.255 e. The van der Waals surface area contributed by atoms with Gasteiger partial charge in [0.1, 0.15) is 0 Å². The minimum atomic E-state index is -0.146. The van der Waals surface area contributed by atoms with Gasteiger partial charge in [-0.2, -0.15) is 0 Å². The van der Waals surface area contributed by atoms with Gasteiger partial charge in [0, 0.05) is 24.7 Å². The fourth-order valence-corrected chi connectivity index (χ4v) is 2.69. The molecule has 0 bridgehead atoms. The third kappa shape index (κ3) is 5.45. The monoisotopic (exact) mass is 352 g/mol. The van der Waals surface area contributed by atoms with Crippen LogP contribution in [0.1, 0.15) is 56.1 Å². The van der Waals surface area contributed by atoms with Crippen molar-refractivity contribution in [3.63, 3.8) is 0 Å². The molecule has 138 valence electrons. The van der Waals surface area contributed by atoms with E-state index in [-0.39, 0.29) is 23.3 Å². The van der Waals surface area contributed by atoms with Crippen LogP contribution in [0.25, 0.3) is 0 Å². The Kier molecular flexibility index (Phi) is 6.19. The van der Waals surface area contributed by atoms with Crippen LogP contribution >= 0.6 is 0 Å². The third-order valence-electron chi connectivity index (χ3n) is 4.32. The van der Waals surface area contributed by atoms with Crippen molar-refractivity contribution in [2.75, 3.05) is 12.4 Å². The number of nitrogens with one attached hydrogen (secondary N) is 1.